The number of thioether (sulfide) groups is 1. The van der Waals surface area contributed by atoms with Crippen molar-refractivity contribution < 1.29 is 14.3 Å². The number of ether oxygens (including phenoxy) is 1. The van der Waals surface area contributed by atoms with Crippen LogP contribution in [0.4, 0.5) is 4.79 Å². The zero-order valence-electron chi connectivity index (χ0n) is 11.4. The van der Waals surface area contributed by atoms with Crippen molar-refractivity contribution in [2.75, 3.05) is 0 Å². The first-order valence-corrected chi connectivity index (χ1v) is 7.81. The minimum absolute atomic E-state index is 0.181. The lowest BCUT2D eigenvalue weighted by Gasteiger charge is -2.10. The first-order chi connectivity index (χ1) is 10.6. The number of benzene rings is 2. The molecule has 0 spiro atoms. The van der Waals surface area contributed by atoms with Crippen LogP contribution in [-0.4, -0.2) is 10.4 Å². The fourth-order valence-electron chi connectivity index (χ4n) is 2.08. The van der Waals surface area contributed by atoms with Crippen molar-refractivity contribution in [1.29, 1.82) is 0 Å². The molecule has 0 aliphatic carbocycles. The molecule has 1 heterocycles. The molecule has 2 aromatic carbocycles. The summed E-state index contributed by atoms with van der Waals surface area (Å²) in [4.78, 5) is 22.8. The number of carbonyl (C=O) groups is 2. The van der Waals surface area contributed by atoms with E-state index in [1.54, 1.807) is 24.3 Å². The molecule has 1 unspecified atom stereocenters. The van der Waals surface area contributed by atoms with E-state index in [2.05, 4.69) is 5.32 Å². The maximum absolute atomic E-state index is 11.6. The molecular weight excluding hydrogens is 322 g/mol. The van der Waals surface area contributed by atoms with E-state index in [0.29, 0.717) is 29.1 Å². The molecule has 1 N–H and O–H groups in total. The van der Waals surface area contributed by atoms with E-state index in [1.807, 2.05) is 24.3 Å². The van der Waals surface area contributed by atoms with Gasteiger partial charge in [0, 0.05) is 16.8 Å². The molecule has 1 aliphatic heterocycles. The Labute approximate surface area is 136 Å². The molecule has 1 aliphatic rings. The van der Waals surface area contributed by atoms with Crippen LogP contribution in [0.1, 0.15) is 17.2 Å². The molecule has 1 atom stereocenters. The summed E-state index contributed by atoms with van der Waals surface area (Å²) in [5, 5.41) is 2.82. The third kappa shape index (κ3) is 3.43. The highest BCUT2D eigenvalue weighted by Gasteiger charge is 2.32. The molecule has 0 radical (unpaired) electrons. The highest BCUT2D eigenvalue weighted by Crippen LogP contribution is 2.28. The van der Waals surface area contributed by atoms with E-state index in [0.717, 1.165) is 11.1 Å². The van der Waals surface area contributed by atoms with Gasteiger partial charge in [-0.2, -0.15) is 0 Å². The summed E-state index contributed by atoms with van der Waals surface area (Å²) in [7, 11) is 0. The Bertz CT molecular complexity index is 700. The second-order valence-corrected chi connectivity index (χ2v) is 6.18. The number of amides is 1. The lowest BCUT2D eigenvalue weighted by molar-refractivity contribution is -0.112. The van der Waals surface area contributed by atoms with Crippen LogP contribution in [0.2, 0.25) is 5.02 Å². The minimum Gasteiger partial charge on any atom is -0.489 e. The van der Waals surface area contributed by atoms with Gasteiger partial charge >= 0.3 is 0 Å². The third-order valence-electron chi connectivity index (χ3n) is 3.22. The maximum Gasteiger partial charge on any atom is 0.287 e. The van der Waals surface area contributed by atoms with E-state index in [4.69, 9.17) is 16.3 Å². The van der Waals surface area contributed by atoms with Gasteiger partial charge in [0.1, 0.15) is 18.4 Å². The van der Waals surface area contributed by atoms with Crippen LogP contribution < -0.4 is 10.1 Å². The summed E-state index contributed by atoms with van der Waals surface area (Å²) in [5.41, 5.74) is 1.77. The molecule has 1 fully saturated rings. The number of nitrogens with one attached hydrogen (secondary N) is 1. The molecule has 1 saturated heterocycles. The van der Waals surface area contributed by atoms with E-state index < -0.39 is 6.04 Å². The summed E-state index contributed by atoms with van der Waals surface area (Å²) in [6.07, 6.45) is 0. The third-order valence-corrected chi connectivity index (χ3v) is 4.22. The van der Waals surface area contributed by atoms with Crippen LogP contribution in [0, 0.1) is 0 Å². The summed E-state index contributed by atoms with van der Waals surface area (Å²) in [6, 6.07) is 14.0. The molecule has 0 bridgehead atoms. The molecule has 0 saturated carbocycles. The van der Waals surface area contributed by atoms with Gasteiger partial charge < -0.3 is 10.1 Å². The van der Waals surface area contributed by atoms with Crippen LogP contribution in [-0.2, 0) is 11.4 Å². The average Bonchev–Trinajstić information content (AvgIpc) is 2.86. The van der Waals surface area contributed by atoms with Gasteiger partial charge in [0.05, 0.1) is 0 Å². The van der Waals surface area contributed by atoms with Gasteiger partial charge in [0.2, 0.25) is 5.12 Å². The lowest BCUT2D eigenvalue weighted by Crippen LogP contribution is -2.19. The zero-order valence-corrected chi connectivity index (χ0v) is 13.0. The monoisotopic (exact) mass is 333 g/mol. The molecular formula is C16H12ClNO3S. The van der Waals surface area contributed by atoms with Crippen LogP contribution in [0.25, 0.3) is 0 Å². The van der Waals surface area contributed by atoms with Crippen LogP contribution in [0.15, 0.2) is 48.5 Å². The Balaban J connectivity index is 1.63. The standard InChI is InChI=1S/C16H12ClNO3S/c17-12-5-1-10(2-6-12)9-21-13-7-3-11(4-8-13)14-15(19)22-16(20)18-14/h1-8,14H,9H2,(H,18,20). The smallest absolute Gasteiger partial charge is 0.287 e. The second kappa shape index (κ2) is 6.42. The number of hydrogen-bond acceptors (Lipinski definition) is 4. The lowest BCUT2D eigenvalue weighted by atomic mass is 10.1. The maximum atomic E-state index is 11.6. The number of carbonyl (C=O) groups excluding carboxylic acids is 2. The normalized spacial score (nSPS) is 17.4. The summed E-state index contributed by atoms with van der Waals surface area (Å²) < 4.78 is 5.68. The van der Waals surface area contributed by atoms with Gasteiger partial charge in [-0.3, -0.25) is 9.59 Å². The topological polar surface area (TPSA) is 55.4 Å². The minimum atomic E-state index is -0.567. The predicted molar refractivity (Wildman–Crippen MR) is 86.1 cm³/mol. The van der Waals surface area contributed by atoms with Gasteiger partial charge in [-0.15, -0.1) is 0 Å². The van der Waals surface area contributed by atoms with Gasteiger partial charge in [-0.1, -0.05) is 35.9 Å². The zero-order chi connectivity index (χ0) is 15.5. The number of hydrogen-bond donors (Lipinski definition) is 1. The van der Waals surface area contributed by atoms with Crippen LogP contribution in [0.5, 0.6) is 5.75 Å². The van der Waals surface area contributed by atoms with Crippen LogP contribution >= 0.6 is 23.4 Å². The van der Waals surface area contributed by atoms with Crippen molar-refractivity contribution in [3.05, 3.63) is 64.7 Å². The van der Waals surface area contributed by atoms with Gasteiger partial charge in [0.25, 0.3) is 5.24 Å². The first kappa shape index (κ1) is 14.9. The Kier molecular flexibility index (Phi) is 4.36. The fourth-order valence-corrected chi connectivity index (χ4v) is 2.88. The molecule has 1 amide bonds. The van der Waals surface area contributed by atoms with Gasteiger partial charge in [0.15, 0.2) is 0 Å². The van der Waals surface area contributed by atoms with Crippen molar-refractivity contribution in [2.45, 2.75) is 12.6 Å². The average molecular weight is 334 g/mol. The molecule has 22 heavy (non-hydrogen) atoms. The quantitative estimate of drug-likeness (QED) is 0.920. The Hall–Kier alpha value is -1.98. The van der Waals surface area contributed by atoms with Crippen molar-refractivity contribution in [3.63, 3.8) is 0 Å². The summed E-state index contributed by atoms with van der Waals surface area (Å²) >= 11 is 6.54. The number of rotatable bonds is 4. The molecule has 4 nitrogen and oxygen atoms in total. The number of halogens is 1. The van der Waals surface area contributed by atoms with Crippen molar-refractivity contribution in [3.8, 4) is 5.75 Å². The molecule has 3 rings (SSSR count). The Morgan fingerprint density at radius 2 is 1.73 bits per heavy atom. The molecule has 112 valence electrons. The summed E-state index contributed by atoms with van der Waals surface area (Å²) in [6.45, 7) is 0.436. The van der Waals surface area contributed by atoms with Crippen LogP contribution in [0.3, 0.4) is 0 Å². The predicted octanol–water partition coefficient (Wildman–Crippen LogP) is 3.94. The Morgan fingerprint density at radius 1 is 1.05 bits per heavy atom. The highest BCUT2D eigenvalue weighted by molar-refractivity contribution is 8.26. The fraction of sp³-hybridized carbons (Fsp3) is 0.125. The molecule has 2 aromatic rings. The van der Waals surface area contributed by atoms with Gasteiger partial charge in [-0.05, 0) is 35.4 Å². The van der Waals surface area contributed by atoms with E-state index >= 15 is 0 Å². The molecule has 0 aromatic heterocycles. The van der Waals surface area contributed by atoms with E-state index in [1.165, 1.54) is 0 Å². The summed E-state index contributed by atoms with van der Waals surface area (Å²) in [5.74, 6) is 0.697. The first-order valence-electron chi connectivity index (χ1n) is 6.61. The molecule has 6 heteroatoms. The van der Waals surface area contributed by atoms with Crippen molar-refractivity contribution in [1.82, 2.24) is 5.32 Å². The SMILES string of the molecule is O=C1NC(c2ccc(OCc3ccc(Cl)cc3)cc2)C(=O)S1. The van der Waals surface area contributed by atoms with Gasteiger partial charge in [-0.25, -0.2) is 0 Å². The van der Waals surface area contributed by atoms with E-state index in [9.17, 15) is 9.59 Å². The Morgan fingerprint density at radius 3 is 2.32 bits per heavy atom. The second-order valence-electron chi connectivity index (χ2n) is 4.77. The van der Waals surface area contributed by atoms with E-state index in [-0.39, 0.29) is 10.4 Å². The van der Waals surface area contributed by atoms with Crippen molar-refractivity contribution in [2.24, 2.45) is 0 Å². The van der Waals surface area contributed by atoms with Crippen molar-refractivity contribution >= 4 is 33.7 Å². The largest absolute Gasteiger partial charge is 0.489 e. The highest BCUT2D eigenvalue weighted by atomic mass is 35.5.